The van der Waals surface area contributed by atoms with Crippen LogP contribution in [0.3, 0.4) is 0 Å². The van der Waals surface area contributed by atoms with E-state index in [0.29, 0.717) is 0 Å². The summed E-state index contributed by atoms with van der Waals surface area (Å²) in [5.74, 6) is 0.711. The Hall–Kier alpha value is -0.930. The van der Waals surface area contributed by atoms with Gasteiger partial charge in [0.25, 0.3) is 0 Å². The van der Waals surface area contributed by atoms with Crippen LogP contribution in [0.2, 0.25) is 0 Å². The van der Waals surface area contributed by atoms with Gasteiger partial charge in [-0.2, -0.15) is 0 Å². The van der Waals surface area contributed by atoms with E-state index in [1.165, 1.54) is 19.4 Å². The van der Waals surface area contributed by atoms with Gasteiger partial charge in [-0.1, -0.05) is 12.1 Å². The highest BCUT2D eigenvalue weighted by Crippen LogP contribution is 2.11. The van der Waals surface area contributed by atoms with Gasteiger partial charge in [0.05, 0.1) is 0 Å². The molecule has 17 heavy (non-hydrogen) atoms. The molecule has 0 radical (unpaired) electrons. The number of halogens is 1. The van der Waals surface area contributed by atoms with Gasteiger partial charge in [0, 0.05) is 6.54 Å². The summed E-state index contributed by atoms with van der Waals surface area (Å²) in [7, 11) is 0. The Kier molecular flexibility index (Phi) is 4.51. The molecule has 1 saturated heterocycles. The van der Waals surface area contributed by atoms with E-state index in [4.69, 9.17) is 0 Å². The van der Waals surface area contributed by atoms with Crippen molar-refractivity contribution in [2.24, 2.45) is 5.92 Å². The zero-order valence-electron chi connectivity index (χ0n) is 10.4. The van der Waals surface area contributed by atoms with Crippen LogP contribution in [0.1, 0.15) is 24.0 Å². The first kappa shape index (κ1) is 12.5. The van der Waals surface area contributed by atoms with Crippen molar-refractivity contribution in [2.45, 2.75) is 26.3 Å². The molecule has 2 nitrogen and oxygen atoms in total. The Morgan fingerprint density at radius 2 is 2.35 bits per heavy atom. The maximum absolute atomic E-state index is 13.1. The fourth-order valence-corrected chi connectivity index (χ4v) is 2.32. The lowest BCUT2D eigenvalue weighted by atomic mass is 10.1. The molecule has 1 heterocycles. The van der Waals surface area contributed by atoms with Crippen LogP contribution in [-0.4, -0.2) is 19.6 Å². The van der Waals surface area contributed by atoms with Gasteiger partial charge in [-0.3, -0.25) is 0 Å². The lowest BCUT2D eigenvalue weighted by Gasteiger charge is -2.09. The van der Waals surface area contributed by atoms with Crippen LogP contribution in [0.25, 0.3) is 0 Å². The molecule has 1 atom stereocenters. The standard InChI is InChI=1S/C14H21FN2/c1-11-8-13(2-3-14(11)15)10-17-7-5-12-4-6-16-9-12/h2-3,8,12,16-17H,4-7,9-10H2,1H3. The molecule has 0 bridgehead atoms. The second-order valence-electron chi connectivity index (χ2n) is 4.91. The van der Waals surface area contributed by atoms with Crippen LogP contribution in [0.4, 0.5) is 4.39 Å². The van der Waals surface area contributed by atoms with Gasteiger partial charge >= 0.3 is 0 Å². The summed E-state index contributed by atoms with van der Waals surface area (Å²) in [6.07, 6.45) is 2.53. The van der Waals surface area contributed by atoms with Crippen LogP contribution in [0, 0.1) is 18.7 Å². The predicted octanol–water partition coefficient (Wildman–Crippen LogP) is 2.22. The highest BCUT2D eigenvalue weighted by molar-refractivity contribution is 5.23. The van der Waals surface area contributed by atoms with E-state index in [9.17, 15) is 4.39 Å². The van der Waals surface area contributed by atoms with Crippen molar-refractivity contribution >= 4 is 0 Å². The first-order chi connectivity index (χ1) is 8.25. The first-order valence-corrected chi connectivity index (χ1v) is 6.42. The number of rotatable bonds is 5. The molecule has 0 amide bonds. The van der Waals surface area contributed by atoms with Gasteiger partial charge in [-0.15, -0.1) is 0 Å². The van der Waals surface area contributed by atoms with Gasteiger partial charge < -0.3 is 10.6 Å². The van der Waals surface area contributed by atoms with E-state index < -0.39 is 0 Å². The zero-order valence-corrected chi connectivity index (χ0v) is 10.4. The van der Waals surface area contributed by atoms with Crippen LogP contribution in [0.15, 0.2) is 18.2 Å². The highest BCUT2D eigenvalue weighted by atomic mass is 19.1. The Morgan fingerprint density at radius 1 is 1.47 bits per heavy atom. The maximum atomic E-state index is 13.1. The third kappa shape index (κ3) is 3.79. The first-order valence-electron chi connectivity index (χ1n) is 6.42. The van der Waals surface area contributed by atoms with Crippen molar-refractivity contribution in [1.82, 2.24) is 10.6 Å². The Morgan fingerprint density at radius 3 is 3.06 bits per heavy atom. The van der Waals surface area contributed by atoms with E-state index in [-0.39, 0.29) is 5.82 Å². The molecule has 0 spiro atoms. The zero-order chi connectivity index (χ0) is 12.1. The molecule has 94 valence electrons. The molecule has 1 fully saturated rings. The molecule has 1 aromatic carbocycles. The summed E-state index contributed by atoms with van der Waals surface area (Å²) >= 11 is 0. The van der Waals surface area contributed by atoms with Gasteiger partial charge in [0.2, 0.25) is 0 Å². The lowest BCUT2D eigenvalue weighted by molar-refractivity contribution is 0.500. The Balaban J connectivity index is 1.68. The maximum Gasteiger partial charge on any atom is 0.126 e. The molecular formula is C14H21FN2. The largest absolute Gasteiger partial charge is 0.316 e. The third-order valence-corrected chi connectivity index (χ3v) is 3.44. The quantitative estimate of drug-likeness (QED) is 0.766. The third-order valence-electron chi connectivity index (χ3n) is 3.44. The predicted molar refractivity (Wildman–Crippen MR) is 68.4 cm³/mol. The molecule has 1 unspecified atom stereocenters. The number of hydrogen-bond acceptors (Lipinski definition) is 2. The number of aryl methyl sites for hydroxylation is 1. The van der Waals surface area contributed by atoms with E-state index in [1.807, 2.05) is 19.1 Å². The summed E-state index contributed by atoms with van der Waals surface area (Å²) in [6, 6.07) is 5.32. The summed E-state index contributed by atoms with van der Waals surface area (Å²) in [5.41, 5.74) is 1.89. The highest BCUT2D eigenvalue weighted by Gasteiger charge is 2.13. The summed E-state index contributed by atoms with van der Waals surface area (Å²) in [4.78, 5) is 0. The Bertz CT molecular complexity index is 359. The van der Waals surface area contributed by atoms with Crippen LogP contribution >= 0.6 is 0 Å². The van der Waals surface area contributed by atoms with E-state index in [1.54, 1.807) is 6.07 Å². The second kappa shape index (κ2) is 6.12. The lowest BCUT2D eigenvalue weighted by Crippen LogP contribution is -2.19. The molecule has 0 saturated carbocycles. The SMILES string of the molecule is Cc1cc(CNCCC2CCNC2)ccc1F. The molecule has 1 aliphatic heterocycles. The Labute approximate surface area is 103 Å². The molecule has 0 aliphatic carbocycles. The van der Waals surface area contributed by atoms with Crippen molar-refractivity contribution < 1.29 is 4.39 Å². The van der Waals surface area contributed by atoms with Crippen LogP contribution < -0.4 is 10.6 Å². The van der Waals surface area contributed by atoms with E-state index >= 15 is 0 Å². The smallest absolute Gasteiger partial charge is 0.126 e. The van der Waals surface area contributed by atoms with Crippen molar-refractivity contribution in [3.63, 3.8) is 0 Å². The van der Waals surface area contributed by atoms with Crippen LogP contribution in [-0.2, 0) is 6.54 Å². The normalized spacial score (nSPS) is 19.8. The number of benzene rings is 1. The summed E-state index contributed by atoms with van der Waals surface area (Å²) in [5, 5.41) is 6.80. The minimum atomic E-state index is -0.120. The molecule has 0 aromatic heterocycles. The fourth-order valence-electron chi connectivity index (χ4n) is 2.32. The molecule has 1 aromatic rings. The summed E-state index contributed by atoms with van der Waals surface area (Å²) < 4.78 is 13.1. The minimum absolute atomic E-state index is 0.120. The molecule has 3 heteroatoms. The van der Waals surface area contributed by atoms with Crippen LogP contribution in [0.5, 0.6) is 0 Å². The van der Waals surface area contributed by atoms with E-state index in [0.717, 1.165) is 36.7 Å². The van der Waals surface area contributed by atoms with Gasteiger partial charge in [-0.05, 0) is 62.5 Å². The van der Waals surface area contributed by atoms with Gasteiger partial charge in [0.15, 0.2) is 0 Å². The average Bonchev–Trinajstić information content (AvgIpc) is 2.82. The molecular weight excluding hydrogens is 215 g/mol. The van der Waals surface area contributed by atoms with Gasteiger partial charge in [0.1, 0.15) is 5.82 Å². The second-order valence-corrected chi connectivity index (χ2v) is 4.91. The van der Waals surface area contributed by atoms with Crippen molar-refractivity contribution in [3.05, 3.63) is 35.1 Å². The topological polar surface area (TPSA) is 24.1 Å². The van der Waals surface area contributed by atoms with Gasteiger partial charge in [-0.25, -0.2) is 4.39 Å². The number of nitrogens with one attached hydrogen (secondary N) is 2. The fraction of sp³-hybridized carbons (Fsp3) is 0.571. The van der Waals surface area contributed by atoms with Crippen molar-refractivity contribution in [2.75, 3.05) is 19.6 Å². The average molecular weight is 236 g/mol. The monoisotopic (exact) mass is 236 g/mol. The molecule has 2 N–H and O–H groups in total. The van der Waals surface area contributed by atoms with Crippen molar-refractivity contribution in [3.8, 4) is 0 Å². The molecule has 2 rings (SSSR count). The number of hydrogen-bond donors (Lipinski definition) is 2. The summed E-state index contributed by atoms with van der Waals surface area (Å²) in [6.45, 7) is 6.02. The minimum Gasteiger partial charge on any atom is -0.316 e. The van der Waals surface area contributed by atoms with E-state index in [2.05, 4.69) is 10.6 Å². The van der Waals surface area contributed by atoms with Crippen molar-refractivity contribution in [1.29, 1.82) is 0 Å². The molecule has 1 aliphatic rings.